The first-order valence-corrected chi connectivity index (χ1v) is 10.4. The van der Waals surface area contributed by atoms with Gasteiger partial charge in [0.25, 0.3) is 5.91 Å². The number of benzene rings is 2. The fourth-order valence-electron chi connectivity index (χ4n) is 3.72. The topological polar surface area (TPSA) is 32.3 Å². The molecule has 0 saturated carbocycles. The first-order valence-electron chi connectivity index (χ1n) is 10.4. The first kappa shape index (κ1) is 19.6. The molecule has 1 aliphatic rings. The lowest BCUT2D eigenvalue weighted by atomic mass is 10.0. The Balaban J connectivity index is 1.56. The maximum absolute atomic E-state index is 12.6. The van der Waals surface area contributed by atoms with Crippen molar-refractivity contribution in [3.05, 3.63) is 70.8 Å². The number of nitrogens with zero attached hydrogens (tertiary/aromatic N) is 1. The zero-order chi connectivity index (χ0) is 19.1. The summed E-state index contributed by atoms with van der Waals surface area (Å²) in [6.45, 7) is 7.55. The second kappa shape index (κ2) is 9.70. The Morgan fingerprint density at radius 3 is 2.11 bits per heavy atom. The van der Waals surface area contributed by atoms with Crippen LogP contribution >= 0.6 is 0 Å². The van der Waals surface area contributed by atoms with Gasteiger partial charge in [0.1, 0.15) is 0 Å². The van der Waals surface area contributed by atoms with E-state index in [2.05, 4.69) is 53.5 Å². The number of likely N-dealkylation sites (tertiary alicyclic amines) is 1. The first-order chi connectivity index (χ1) is 13.2. The predicted molar refractivity (Wildman–Crippen MR) is 112 cm³/mol. The Morgan fingerprint density at radius 2 is 1.52 bits per heavy atom. The quantitative estimate of drug-likeness (QED) is 0.772. The number of hydrogen-bond donors (Lipinski definition) is 1. The van der Waals surface area contributed by atoms with E-state index < -0.39 is 0 Å². The van der Waals surface area contributed by atoms with Crippen molar-refractivity contribution in [1.82, 2.24) is 10.2 Å². The molecule has 2 aromatic carbocycles. The Morgan fingerprint density at radius 1 is 0.926 bits per heavy atom. The van der Waals surface area contributed by atoms with E-state index >= 15 is 0 Å². The van der Waals surface area contributed by atoms with Crippen molar-refractivity contribution >= 4 is 5.91 Å². The zero-order valence-electron chi connectivity index (χ0n) is 16.7. The number of carbonyl (C=O) groups is 1. The van der Waals surface area contributed by atoms with Crippen LogP contribution in [-0.4, -0.2) is 23.9 Å². The van der Waals surface area contributed by atoms with Gasteiger partial charge in [-0.3, -0.25) is 9.69 Å². The SMILES string of the molecule is CCc1ccc([C@H](C)NC(=O)c2ccc(CN3CCCCCC3)cc2)cc1. The van der Waals surface area contributed by atoms with Gasteiger partial charge in [-0.05, 0) is 68.1 Å². The molecular weight excluding hydrogens is 332 g/mol. The molecule has 0 spiro atoms. The van der Waals surface area contributed by atoms with Gasteiger partial charge >= 0.3 is 0 Å². The molecule has 1 aliphatic heterocycles. The molecule has 144 valence electrons. The van der Waals surface area contributed by atoms with Crippen molar-refractivity contribution in [1.29, 1.82) is 0 Å². The summed E-state index contributed by atoms with van der Waals surface area (Å²) in [7, 11) is 0. The van der Waals surface area contributed by atoms with Crippen molar-refractivity contribution in [3.63, 3.8) is 0 Å². The van der Waals surface area contributed by atoms with E-state index in [1.165, 1.54) is 49.9 Å². The van der Waals surface area contributed by atoms with Gasteiger partial charge in [0.05, 0.1) is 6.04 Å². The average molecular weight is 365 g/mol. The molecule has 0 aromatic heterocycles. The van der Waals surface area contributed by atoms with Gasteiger partial charge in [0.2, 0.25) is 0 Å². The summed E-state index contributed by atoms with van der Waals surface area (Å²) in [6.07, 6.45) is 6.35. The standard InChI is InChI=1S/C24H32N2O/c1-3-20-8-12-22(13-9-20)19(2)25-24(27)23-14-10-21(11-15-23)18-26-16-6-4-5-7-17-26/h8-15,19H,3-7,16-18H2,1-2H3,(H,25,27)/t19-/m0/s1. The summed E-state index contributed by atoms with van der Waals surface area (Å²) in [5.41, 5.74) is 4.47. The van der Waals surface area contributed by atoms with E-state index in [1.54, 1.807) is 0 Å². The van der Waals surface area contributed by atoms with Crippen molar-refractivity contribution < 1.29 is 4.79 Å². The third-order valence-electron chi connectivity index (χ3n) is 5.56. The molecule has 0 unspecified atom stereocenters. The molecule has 1 atom stereocenters. The number of aryl methyl sites for hydroxylation is 1. The van der Waals surface area contributed by atoms with E-state index in [0.29, 0.717) is 0 Å². The molecule has 27 heavy (non-hydrogen) atoms. The van der Waals surface area contributed by atoms with Gasteiger partial charge in [-0.15, -0.1) is 0 Å². The number of nitrogens with one attached hydrogen (secondary N) is 1. The normalized spacial score (nSPS) is 16.5. The Bertz CT molecular complexity index is 713. The van der Waals surface area contributed by atoms with Crippen LogP contribution in [0, 0.1) is 0 Å². The maximum Gasteiger partial charge on any atom is 0.251 e. The lowest BCUT2D eigenvalue weighted by molar-refractivity contribution is 0.0940. The summed E-state index contributed by atoms with van der Waals surface area (Å²) >= 11 is 0. The fourth-order valence-corrected chi connectivity index (χ4v) is 3.72. The number of amides is 1. The minimum absolute atomic E-state index is 0.000169. The molecule has 1 heterocycles. The van der Waals surface area contributed by atoms with E-state index in [0.717, 1.165) is 24.1 Å². The second-order valence-corrected chi connectivity index (χ2v) is 7.68. The summed E-state index contributed by atoms with van der Waals surface area (Å²) in [4.78, 5) is 15.1. The predicted octanol–water partition coefficient (Wildman–Crippen LogP) is 5.12. The molecule has 2 aromatic rings. The number of hydrogen-bond acceptors (Lipinski definition) is 2. The van der Waals surface area contributed by atoms with Crippen LogP contribution in [0.25, 0.3) is 0 Å². The van der Waals surface area contributed by atoms with Gasteiger partial charge in [-0.2, -0.15) is 0 Å². The van der Waals surface area contributed by atoms with E-state index in [-0.39, 0.29) is 11.9 Å². The molecule has 1 amide bonds. The van der Waals surface area contributed by atoms with Crippen molar-refractivity contribution in [2.24, 2.45) is 0 Å². The van der Waals surface area contributed by atoms with Gasteiger partial charge in [-0.25, -0.2) is 0 Å². The van der Waals surface area contributed by atoms with Gasteiger partial charge in [0.15, 0.2) is 0 Å². The highest BCUT2D eigenvalue weighted by Crippen LogP contribution is 2.16. The lowest BCUT2D eigenvalue weighted by Crippen LogP contribution is -2.27. The third-order valence-corrected chi connectivity index (χ3v) is 5.56. The third kappa shape index (κ3) is 5.67. The Kier molecular flexibility index (Phi) is 7.05. The highest BCUT2D eigenvalue weighted by atomic mass is 16.1. The summed E-state index contributed by atoms with van der Waals surface area (Å²) in [6, 6.07) is 16.6. The van der Waals surface area contributed by atoms with Gasteiger partial charge in [0, 0.05) is 12.1 Å². The summed E-state index contributed by atoms with van der Waals surface area (Å²) in [5, 5.41) is 3.11. The summed E-state index contributed by atoms with van der Waals surface area (Å²) in [5.74, 6) is -0.0107. The van der Waals surface area contributed by atoms with Crippen LogP contribution in [-0.2, 0) is 13.0 Å². The number of carbonyl (C=O) groups excluding carboxylic acids is 1. The Hall–Kier alpha value is -2.13. The average Bonchev–Trinajstić information content (AvgIpc) is 2.97. The van der Waals surface area contributed by atoms with Crippen molar-refractivity contribution in [3.8, 4) is 0 Å². The Labute approximate surface area is 163 Å². The zero-order valence-corrected chi connectivity index (χ0v) is 16.7. The molecule has 0 aliphatic carbocycles. The molecule has 3 heteroatoms. The van der Waals surface area contributed by atoms with E-state index in [9.17, 15) is 4.79 Å². The smallest absolute Gasteiger partial charge is 0.251 e. The van der Waals surface area contributed by atoms with Gasteiger partial charge in [-0.1, -0.05) is 56.2 Å². The lowest BCUT2D eigenvalue weighted by Gasteiger charge is -2.20. The van der Waals surface area contributed by atoms with E-state index in [1.807, 2.05) is 19.1 Å². The molecule has 1 saturated heterocycles. The van der Waals surface area contributed by atoms with Crippen LogP contribution in [0.5, 0.6) is 0 Å². The maximum atomic E-state index is 12.6. The van der Waals surface area contributed by atoms with Crippen LogP contribution in [0.4, 0.5) is 0 Å². The highest BCUT2D eigenvalue weighted by molar-refractivity contribution is 5.94. The monoisotopic (exact) mass is 364 g/mol. The molecule has 1 fully saturated rings. The largest absolute Gasteiger partial charge is 0.346 e. The number of rotatable bonds is 6. The van der Waals surface area contributed by atoms with Crippen LogP contribution < -0.4 is 5.32 Å². The molecule has 1 N–H and O–H groups in total. The second-order valence-electron chi connectivity index (χ2n) is 7.68. The molecule has 0 bridgehead atoms. The van der Waals surface area contributed by atoms with E-state index in [4.69, 9.17) is 0 Å². The molecule has 0 radical (unpaired) electrons. The fraction of sp³-hybridized carbons (Fsp3) is 0.458. The molecule has 3 nitrogen and oxygen atoms in total. The molecule has 3 rings (SSSR count). The summed E-state index contributed by atoms with van der Waals surface area (Å²) < 4.78 is 0. The minimum Gasteiger partial charge on any atom is -0.346 e. The van der Waals surface area contributed by atoms with Gasteiger partial charge < -0.3 is 5.32 Å². The highest BCUT2D eigenvalue weighted by Gasteiger charge is 2.13. The van der Waals surface area contributed by atoms with Crippen molar-refractivity contribution in [2.45, 2.75) is 58.5 Å². The molecular formula is C24H32N2O. The van der Waals surface area contributed by atoms with Crippen molar-refractivity contribution in [2.75, 3.05) is 13.1 Å². The van der Waals surface area contributed by atoms with Crippen LogP contribution in [0.2, 0.25) is 0 Å². The van der Waals surface area contributed by atoms with Crippen LogP contribution in [0.3, 0.4) is 0 Å². The van der Waals surface area contributed by atoms with Crippen LogP contribution in [0.1, 0.15) is 72.6 Å². The van der Waals surface area contributed by atoms with Crippen LogP contribution in [0.15, 0.2) is 48.5 Å². The minimum atomic E-state index is -0.0107.